The second-order valence-corrected chi connectivity index (χ2v) is 3.76. The maximum absolute atomic E-state index is 9.37. The normalized spacial score (nSPS) is 10.9. The van der Waals surface area contributed by atoms with E-state index in [9.17, 15) is 5.11 Å². The zero-order valence-corrected chi connectivity index (χ0v) is 9.46. The van der Waals surface area contributed by atoms with Gasteiger partial charge in [0, 0.05) is 5.69 Å². The van der Waals surface area contributed by atoms with E-state index in [-0.39, 0.29) is 5.75 Å². The number of nitrogens with zero attached hydrogens (tertiary/aromatic N) is 2. The molecule has 17 heavy (non-hydrogen) atoms. The van der Waals surface area contributed by atoms with Gasteiger partial charge in [-0.1, -0.05) is 0 Å². The van der Waals surface area contributed by atoms with Crippen LogP contribution in [0.2, 0.25) is 0 Å². The smallest absolute Gasteiger partial charge is 0.118 e. The molecule has 0 atom stereocenters. The lowest BCUT2D eigenvalue weighted by molar-refractivity contribution is 0.471. The fourth-order valence-corrected chi connectivity index (χ4v) is 1.36. The Balaban J connectivity index is 2.20. The zero-order chi connectivity index (χ0) is 12.3. The maximum Gasteiger partial charge on any atom is 0.118 e. The Kier molecular flexibility index (Phi) is 3.05. The Morgan fingerprint density at radius 1 is 0.941 bits per heavy atom. The van der Waals surface area contributed by atoms with Crippen LogP contribution in [0.25, 0.3) is 0 Å². The Morgan fingerprint density at radius 2 is 1.53 bits per heavy atom. The molecule has 0 aromatic heterocycles. The van der Waals surface area contributed by atoms with Gasteiger partial charge in [0.1, 0.15) is 5.75 Å². The zero-order valence-electron chi connectivity index (χ0n) is 9.46. The van der Waals surface area contributed by atoms with Crippen molar-refractivity contribution in [2.45, 2.75) is 6.92 Å². The average Bonchev–Trinajstić information content (AvgIpc) is 2.33. The minimum Gasteiger partial charge on any atom is -0.508 e. The summed E-state index contributed by atoms with van der Waals surface area (Å²) in [6, 6.07) is 12.2. The van der Waals surface area contributed by atoms with Crippen LogP contribution in [0.3, 0.4) is 0 Å². The van der Waals surface area contributed by atoms with Crippen LogP contribution in [0.1, 0.15) is 5.56 Å². The molecule has 4 heteroatoms. The molecular formula is C13H13N3O. The molecule has 3 N–H and O–H groups in total. The van der Waals surface area contributed by atoms with Gasteiger partial charge in [-0.15, -0.1) is 0 Å². The molecule has 0 aliphatic heterocycles. The lowest BCUT2D eigenvalue weighted by Crippen LogP contribution is -1.80. The lowest BCUT2D eigenvalue weighted by Gasteiger charge is -1.98. The number of nitrogens with two attached hydrogens (primary N) is 1. The van der Waals surface area contributed by atoms with E-state index in [0.717, 1.165) is 11.3 Å². The summed E-state index contributed by atoms with van der Waals surface area (Å²) in [5, 5.41) is 17.5. The molecule has 0 heterocycles. The molecule has 0 aliphatic carbocycles. The van der Waals surface area contributed by atoms with Crippen LogP contribution in [-0.2, 0) is 0 Å². The van der Waals surface area contributed by atoms with Crippen LogP contribution < -0.4 is 5.73 Å². The van der Waals surface area contributed by atoms with Gasteiger partial charge >= 0.3 is 0 Å². The van der Waals surface area contributed by atoms with Gasteiger partial charge < -0.3 is 10.8 Å². The molecule has 2 aromatic rings. The van der Waals surface area contributed by atoms with Crippen molar-refractivity contribution in [3.63, 3.8) is 0 Å². The largest absolute Gasteiger partial charge is 0.508 e. The second-order valence-electron chi connectivity index (χ2n) is 3.76. The van der Waals surface area contributed by atoms with Gasteiger partial charge in [0.2, 0.25) is 0 Å². The number of aromatic hydroxyl groups is 1. The van der Waals surface area contributed by atoms with E-state index < -0.39 is 0 Å². The van der Waals surface area contributed by atoms with Gasteiger partial charge in [0.25, 0.3) is 0 Å². The Morgan fingerprint density at radius 3 is 2.18 bits per heavy atom. The molecule has 0 saturated heterocycles. The predicted molar refractivity (Wildman–Crippen MR) is 67.9 cm³/mol. The summed E-state index contributed by atoms with van der Waals surface area (Å²) in [7, 11) is 0. The highest BCUT2D eigenvalue weighted by atomic mass is 16.3. The number of phenols is 1. The highest BCUT2D eigenvalue weighted by molar-refractivity contribution is 5.49. The van der Waals surface area contributed by atoms with Crippen molar-refractivity contribution in [1.29, 1.82) is 0 Å². The van der Waals surface area contributed by atoms with Gasteiger partial charge in [-0.2, -0.15) is 10.2 Å². The van der Waals surface area contributed by atoms with Crippen molar-refractivity contribution < 1.29 is 5.11 Å². The number of hydrogen-bond acceptors (Lipinski definition) is 4. The summed E-state index contributed by atoms with van der Waals surface area (Å²) in [6.07, 6.45) is 0. The molecule has 0 spiro atoms. The van der Waals surface area contributed by atoms with Gasteiger partial charge in [-0.25, -0.2) is 0 Å². The van der Waals surface area contributed by atoms with Gasteiger partial charge in [-0.3, -0.25) is 0 Å². The molecule has 0 aliphatic rings. The third kappa shape index (κ3) is 2.81. The third-order valence-corrected chi connectivity index (χ3v) is 2.35. The fourth-order valence-electron chi connectivity index (χ4n) is 1.36. The summed E-state index contributed by atoms with van der Waals surface area (Å²) in [5.74, 6) is 0.261. The van der Waals surface area contributed by atoms with Gasteiger partial charge in [0.15, 0.2) is 0 Å². The number of rotatable bonds is 2. The number of anilines is 1. The SMILES string of the molecule is Cc1cc(N=Nc2ccc(N)cc2)ccc1O. The molecule has 0 fully saturated rings. The van der Waals surface area contributed by atoms with Crippen molar-refractivity contribution in [2.24, 2.45) is 10.2 Å². The number of benzene rings is 2. The summed E-state index contributed by atoms with van der Waals surface area (Å²) >= 11 is 0. The van der Waals surface area contributed by atoms with Crippen LogP contribution in [0.4, 0.5) is 17.1 Å². The van der Waals surface area contributed by atoms with E-state index in [1.54, 1.807) is 42.5 Å². The first-order valence-electron chi connectivity index (χ1n) is 5.22. The van der Waals surface area contributed by atoms with Gasteiger partial charge in [0.05, 0.1) is 11.4 Å². The standard InChI is InChI=1S/C13H13N3O/c1-9-8-12(6-7-13(9)17)16-15-11-4-2-10(14)3-5-11/h2-8,17H,14H2,1H3. The number of hydrogen-bond donors (Lipinski definition) is 2. The van der Waals surface area contributed by atoms with Crippen LogP contribution in [0, 0.1) is 6.92 Å². The molecule has 0 radical (unpaired) electrons. The Labute approximate surface area is 99.4 Å². The highest BCUT2D eigenvalue weighted by Gasteiger charge is 1.96. The first kappa shape index (κ1) is 11.1. The quantitative estimate of drug-likeness (QED) is 0.606. The fraction of sp³-hybridized carbons (Fsp3) is 0.0769. The molecule has 0 unspecified atom stereocenters. The summed E-state index contributed by atoms with van der Waals surface area (Å²) in [5.41, 5.74) is 8.49. The molecule has 4 nitrogen and oxygen atoms in total. The molecule has 0 bridgehead atoms. The third-order valence-electron chi connectivity index (χ3n) is 2.35. The Bertz CT molecular complexity index is 547. The van der Waals surface area contributed by atoms with Crippen LogP contribution >= 0.6 is 0 Å². The van der Waals surface area contributed by atoms with Crippen molar-refractivity contribution in [3.8, 4) is 5.75 Å². The predicted octanol–water partition coefficient (Wildman–Crippen LogP) is 3.70. The van der Waals surface area contributed by atoms with Crippen molar-refractivity contribution in [3.05, 3.63) is 48.0 Å². The van der Waals surface area contributed by atoms with E-state index in [1.165, 1.54) is 0 Å². The summed E-state index contributed by atoms with van der Waals surface area (Å²) in [6.45, 7) is 1.82. The van der Waals surface area contributed by atoms with Gasteiger partial charge in [-0.05, 0) is 55.0 Å². The number of aryl methyl sites for hydroxylation is 1. The number of azo groups is 1. The van der Waals surface area contributed by atoms with E-state index in [2.05, 4.69) is 10.2 Å². The molecule has 2 aromatic carbocycles. The van der Waals surface area contributed by atoms with E-state index in [4.69, 9.17) is 5.73 Å². The first-order valence-corrected chi connectivity index (χ1v) is 5.22. The van der Waals surface area contributed by atoms with Crippen LogP contribution in [0.15, 0.2) is 52.7 Å². The minimum absolute atomic E-state index is 0.261. The lowest BCUT2D eigenvalue weighted by atomic mass is 10.2. The molecule has 86 valence electrons. The first-order chi connectivity index (χ1) is 8.15. The highest BCUT2D eigenvalue weighted by Crippen LogP contribution is 2.24. The molecule has 2 rings (SSSR count). The van der Waals surface area contributed by atoms with E-state index in [1.807, 2.05) is 6.92 Å². The summed E-state index contributed by atoms with van der Waals surface area (Å²) in [4.78, 5) is 0. The minimum atomic E-state index is 0.261. The van der Waals surface area contributed by atoms with Crippen molar-refractivity contribution in [1.82, 2.24) is 0 Å². The van der Waals surface area contributed by atoms with Crippen molar-refractivity contribution in [2.75, 3.05) is 5.73 Å². The van der Waals surface area contributed by atoms with Crippen LogP contribution in [-0.4, -0.2) is 5.11 Å². The Hall–Kier alpha value is -2.36. The average molecular weight is 227 g/mol. The molecular weight excluding hydrogens is 214 g/mol. The molecule has 0 amide bonds. The van der Waals surface area contributed by atoms with E-state index in [0.29, 0.717) is 11.4 Å². The maximum atomic E-state index is 9.37. The van der Waals surface area contributed by atoms with E-state index >= 15 is 0 Å². The molecule has 0 saturated carbocycles. The van der Waals surface area contributed by atoms with Crippen LogP contribution in [0.5, 0.6) is 5.75 Å². The number of nitrogen functional groups attached to an aromatic ring is 1. The second kappa shape index (κ2) is 4.65. The topological polar surface area (TPSA) is 71.0 Å². The summed E-state index contributed by atoms with van der Waals surface area (Å²) < 4.78 is 0. The monoisotopic (exact) mass is 227 g/mol. The van der Waals surface area contributed by atoms with Crippen molar-refractivity contribution >= 4 is 17.1 Å². The number of phenolic OH excluding ortho intramolecular Hbond substituents is 1.